The summed E-state index contributed by atoms with van der Waals surface area (Å²) in [5, 5.41) is 16.7. The van der Waals surface area contributed by atoms with Crippen molar-refractivity contribution in [3.8, 4) is 0 Å². The number of carboxylic acid groups (broad SMARTS) is 1. The van der Waals surface area contributed by atoms with Gasteiger partial charge in [0.1, 0.15) is 12.5 Å². The van der Waals surface area contributed by atoms with Crippen LogP contribution in [0.15, 0.2) is 11.4 Å². The molecule has 1 unspecified atom stereocenters. The zero-order chi connectivity index (χ0) is 15.2. The Kier molecular flexibility index (Phi) is 3.23. The van der Waals surface area contributed by atoms with Gasteiger partial charge in [0.05, 0.1) is 12.1 Å². The van der Waals surface area contributed by atoms with Crippen LogP contribution in [0.3, 0.4) is 0 Å². The normalized spacial score (nSPS) is 22.3. The highest BCUT2D eigenvalue weighted by Crippen LogP contribution is 2.30. The number of hydrogen-bond donors (Lipinski definition) is 1. The Labute approximate surface area is 126 Å². The minimum absolute atomic E-state index is 0.0891. The van der Waals surface area contributed by atoms with Gasteiger partial charge in [-0.3, -0.25) is 5.01 Å². The Morgan fingerprint density at radius 2 is 2.19 bits per heavy atom. The monoisotopic (exact) mass is 310 g/mol. The number of hydrogen-bond acceptors (Lipinski definition) is 7. The fourth-order valence-corrected chi connectivity index (χ4v) is 3.18. The molecule has 0 aromatic carbocycles. The summed E-state index contributed by atoms with van der Waals surface area (Å²) in [6.45, 7) is 7.70. The van der Waals surface area contributed by atoms with Crippen LogP contribution in [-0.4, -0.2) is 72.5 Å². The van der Waals surface area contributed by atoms with Crippen LogP contribution in [0.4, 0.5) is 4.79 Å². The summed E-state index contributed by atoms with van der Waals surface area (Å²) < 4.78 is 4.03. The van der Waals surface area contributed by atoms with Crippen molar-refractivity contribution in [1.29, 1.82) is 0 Å². The van der Waals surface area contributed by atoms with Crippen LogP contribution in [0.1, 0.15) is 25.8 Å². The Bertz CT molecular complexity index is 567. The molecule has 1 aromatic rings. The molecule has 1 fully saturated rings. The fraction of sp³-hybridized carbons (Fsp3) is 0.667. The highest BCUT2D eigenvalue weighted by Gasteiger charge is 2.44. The van der Waals surface area contributed by atoms with E-state index in [-0.39, 0.29) is 11.7 Å². The minimum Gasteiger partial charge on any atom is -0.465 e. The second-order valence-electron chi connectivity index (χ2n) is 6.09. The number of rotatable bonds is 1. The van der Waals surface area contributed by atoms with Crippen LogP contribution in [0.5, 0.6) is 0 Å². The maximum atomic E-state index is 11.2. The Morgan fingerprint density at radius 3 is 2.76 bits per heavy atom. The summed E-state index contributed by atoms with van der Waals surface area (Å²) in [7, 11) is 0. The number of hydrazone groups is 1. The summed E-state index contributed by atoms with van der Waals surface area (Å²) in [5.41, 5.74) is -0.198. The minimum atomic E-state index is -0.882. The largest absolute Gasteiger partial charge is 0.465 e. The first-order valence-electron chi connectivity index (χ1n) is 6.77. The molecule has 114 valence electrons. The first-order valence-corrected chi connectivity index (χ1v) is 7.55. The van der Waals surface area contributed by atoms with Gasteiger partial charge < -0.3 is 14.9 Å². The van der Waals surface area contributed by atoms with Gasteiger partial charge in [-0.1, -0.05) is 0 Å². The molecular formula is C12H18N6O2S. The van der Waals surface area contributed by atoms with Crippen molar-refractivity contribution in [2.75, 3.05) is 19.6 Å². The summed E-state index contributed by atoms with van der Waals surface area (Å²) >= 11 is 1.31. The van der Waals surface area contributed by atoms with Crippen LogP contribution < -0.4 is 0 Å². The lowest BCUT2D eigenvalue weighted by Crippen LogP contribution is -2.60. The third-order valence-corrected chi connectivity index (χ3v) is 4.28. The topological polar surface area (TPSA) is 85.2 Å². The quantitative estimate of drug-likeness (QED) is 0.831. The van der Waals surface area contributed by atoms with E-state index in [4.69, 9.17) is 5.10 Å². The Morgan fingerprint density at radius 1 is 1.43 bits per heavy atom. The second kappa shape index (κ2) is 4.83. The van der Waals surface area contributed by atoms with Crippen molar-refractivity contribution in [3.05, 3.63) is 11.3 Å². The number of amidine groups is 1. The molecule has 1 atom stereocenters. The van der Waals surface area contributed by atoms with Crippen molar-refractivity contribution >= 4 is 23.5 Å². The molecule has 0 bridgehead atoms. The van der Waals surface area contributed by atoms with Crippen molar-refractivity contribution in [2.45, 2.75) is 32.5 Å². The first kappa shape index (κ1) is 14.1. The summed E-state index contributed by atoms with van der Waals surface area (Å²) in [4.78, 5) is 19.1. The SMILES string of the molecule is CC(C)(C)N1N=C(c2ncns2)N2CCN(C(=O)O)CC21. The number of amides is 1. The predicted molar refractivity (Wildman–Crippen MR) is 78.1 cm³/mol. The van der Waals surface area contributed by atoms with Crippen molar-refractivity contribution in [3.63, 3.8) is 0 Å². The molecule has 8 nitrogen and oxygen atoms in total. The zero-order valence-electron chi connectivity index (χ0n) is 12.2. The highest BCUT2D eigenvalue weighted by molar-refractivity contribution is 7.07. The molecule has 0 aliphatic carbocycles. The van der Waals surface area contributed by atoms with E-state index in [0.29, 0.717) is 19.6 Å². The lowest BCUT2D eigenvalue weighted by atomic mass is 10.1. The molecule has 21 heavy (non-hydrogen) atoms. The van der Waals surface area contributed by atoms with Gasteiger partial charge in [-0.2, -0.15) is 9.47 Å². The molecule has 1 aromatic heterocycles. The summed E-state index contributed by atoms with van der Waals surface area (Å²) in [6.07, 6.45) is 0.548. The smallest absolute Gasteiger partial charge is 0.407 e. The number of nitrogens with zero attached hydrogens (tertiary/aromatic N) is 6. The van der Waals surface area contributed by atoms with E-state index >= 15 is 0 Å². The molecule has 1 saturated heterocycles. The van der Waals surface area contributed by atoms with Gasteiger partial charge in [0.2, 0.25) is 0 Å². The van der Waals surface area contributed by atoms with Gasteiger partial charge in [0.25, 0.3) is 0 Å². The van der Waals surface area contributed by atoms with E-state index in [9.17, 15) is 9.90 Å². The lowest BCUT2D eigenvalue weighted by molar-refractivity contribution is -0.00140. The molecule has 0 saturated carbocycles. The van der Waals surface area contributed by atoms with Gasteiger partial charge in [-0.25, -0.2) is 9.78 Å². The Balaban J connectivity index is 1.93. The first-order chi connectivity index (χ1) is 9.88. The van der Waals surface area contributed by atoms with Gasteiger partial charge >= 0.3 is 6.09 Å². The third kappa shape index (κ3) is 2.41. The van der Waals surface area contributed by atoms with Gasteiger partial charge in [0.15, 0.2) is 10.8 Å². The molecule has 2 aliphatic heterocycles. The fourth-order valence-electron chi connectivity index (χ4n) is 2.66. The number of piperazine rings is 1. The van der Waals surface area contributed by atoms with E-state index in [2.05, 4.69) is 35.0 Å². The van der Waals surface area contributed by atoms with E-state index in [1.54, 1.807) is 0 Å². The lowest BCUT2D eigenvalue weighted by Gasteiger charge is -2.43. The predicted octanol–water partition coefficient (Wildman–Crippen LogP) is 0.935. The second-order valence-corrected chi connectivity index (χ2v) is 6.87. The standard InChI is InChI=1S/C12H18N6O2S/c1-12(2,3)18-8-6-16(11(19)20)4-5-17(8)9(15-18)10-13-7-14-21-10/h7-8H,4-6H2,1-3H3,(H,19,20). The maximum Gasteiger partial charge on any atom is 0.407 e. The van der Waals surface area contributed by atoms with Crippen LogP contribution in [0.25, 0.3) is 0 Å². The molecule has 0 spiro atoms. The van der Waals surface area contributed by atoms with E-state index in [1.807, 2.05) is 5.01 Å². The molecule has 3 rings (SSSR count). The van der Waals surface area contributed by atoms with Gasteiger partial charge in [-0.15, -0.1) is 0 Å². The van der Waals surface area contributed by atoms with Crippen LogP contribution in [0.2, 0.25) is 0 Å². The Hall–Kier alpha value is -1.90. The van der Waals surface area contributed by atoms with Gasteiger partial charge in [-0.05, 0) is 32.3 Å². The molecule has 3 heterocycles. The van der Waals surface area contributed by atoms with Crippen molar-refractivity contribution in [1.82, 2.24) is 24.2 Å². The molecule has 2 aliphatic rings. The van der Waals surface area contributed by atoms with Gasteiger partial charge in [0, 0.05) is 13.1 Å². The third-order valence-electron chi connectivity index (χ3n) is 3.62. The average molecular weight is 310 g/mol. The molecule has 0 radical (unpaired) electrons. The van der Waals surface area contributed by atoms with E-state index < -0.39 is 6.09 Å². The van der Waals surface area contributed by atoms with E-state index in [0.717, 1.165) is 10.8 Å². The molecule has 1 amide bonds. The van der Waals surface area contributed by atoms with Crippen molar-refractivity contribution < 1.29 is 9.90 Å². The van der Waals surface area contributed by atoms with Crippen LogP contribution in [0, 0.1) is 0 Å². The number of carbonyl (C=O) groups is 1. The average Bonchev–Trinajstić information content (AvgIpc) is 3.03. The van der Waals surface area contributed by atoms with E-state index in [1.165, 1.54) is 22.8 Å². The maximum absolute atomic E-state index is 11.2. The summed E-state index contributed by atoms with van der Waals surface area (Å²) in [5.74, 6) is 0.794. The summed E-state index contributed by atoms with van der Waals surface area (Å²) in [6, 6.07) is 0. The van der Waals surface area contributed by atoms with Crippen molar-refractivity contribution in [2.24, 2.45) is 5.10 Å². The molecular weight excluding hydrogens is 292 g/mol. The molecule has 1 N–H and O–H groups in total. The number of aromatic nitrogens is 2. The highest BCUT2D eigenvalue weighted by atomic mass is 32.1. The zero-order valence-corrected chi connectivity index (χ0v) is 13.0. The van der Waals surface area contributed by atoms with Crippen LogP contribution >= 0.6 is 11.5 Å². The number of fused-ring (bicyclic) bond motifs is 1. The van der Waals surface area contributed by atoms with Crippen LogP contribution in [-0.2, 0) is 0 Å². The molecule has 9 heteroatoms.